The number of thiocarbonyl (C=S) groups is 1. The Kier molecular flexibility index (Phi) is 7.17. The SMILES string of the molecule is C[C@@H]1CCCN(c2cc(N3CCC[C@@H](C)C3)nc(NC(=S)NCc3cccnc3)n2)C1. The highest BCUT2D eigenvalue weighted by molar-refractivity contribution is 7.80. The summed E-state index contributed by atoms with van der Waals surface area (Å²) in [5.74, 6) is 3.91. The van der Waals surface area contributed by atoms with E-state index in [2.05, 4.69) is 45.3 Å². The predicted octanol–water partition coefficient (Wildman–Crippen LogP) is 3.83. The summed E-state index contributed by atoms with van der Waals surface area (Å²) in [6.07, 6.45) is 8.57. The Morgan fingerprint density at radius 2 is 1.71 bits per heavy atom. The van der Waals surface area contributed by atoms with E-state index in [9.17, 15) is 0 Å². The summed E-state index contributed by atoms with van der Waals surface area (Å²) < 4.78 is 0. The number of hydrogen-bond donors (Lipinski definition) is 2. The first kappa shape index (κ1) is 21.7. The Morgan fingerprint density at radius 3 is 2.26 bits per heavy atom. The van der Waals surface area contributed by atoms with Crippen molar-refractivity contribution in [2.45, 2.75) is 46.1 Å². The molecule has 2 N–H and O–H groups in total. The molecular weight excluding hydrogens is 406 g/mol. The lowest BCUT2D eigenvalue weighted by Gasteiger charge is -2.35. The molecular formula is C23H33N7S. The average molecular weight is 440 g/mol. The highest BCUT2D eigenvalue weighted by Gasteiger charge is 2.23. The maximum absolute atomic E-state index is 5.52. The summed E-state index contributed by atoms with van der Waals surface area (Å²) in [6, 6.07) is 6.10. The molecule has 7 nitrogen and oxygen atoms in total. The molecule has 0 radical (unpaired) electrons. The van der Waals surface area contributed by atoms with Crippen LogP contribution in [0.15, 0.2) is 30.6 Å². The van der Waals surface area contributed by atoms with Crippen molar-refractivity contribution in [3.8, 4) is 0 Å². The minimum atomic E-state index is 0.519. The van der Waals surface area contributed by atoms with E-state index in [-0.39, 0.29) is 0 Å². The smallest absolute Gasteiger partial charge is 0.232 e. The molecule has 2 saturated heterocycles. The van der Waals surface area contributed by atoms with Gasteiger partial charge in [-0.1, -0.05) is 19.9 Å². The standard InChI is InChI=1S/C23H33N7S/c1-17-6-4-10-29(15-17)20-12-21(30-11-5-7-18(2)16-30)27-22(26-20)28-23(31)25-14-19-8-3-9-24-13-19/h3,8-9,12-13,17-18H,4-7,10-11,14-16H2,1-2H3,(H2,25,26,27,28,31)/t17-,18-/m1/s1. The first-order chi connectivity index (χ1) is 15.1. The minimum Gasteiger partial charge on any atom is -0.358 e. The molecule has 2 aliphatic heterocycles. The van der Waals surface area contributed by atoms with E-state index < -0.39 is 0 Å². The van der Waals surface area contributed by atoms with E-state index in [0.717, 1.165) is 43.4 Å². The van der Waals surface area contributed by atoms with Gasteiger partial charge in [0.05, 0.1) is 0 Å². The Hall–Kier alpha value is -2.48. The van der Waals surface area contributed by atoms with Crippen molar-refractivity contribution in [2.24, 2.45) is 11.8 Å². The molecule has 0 aliphatic carbocycles. The third kappa shape index (κ3) is 6.03. The van der Waals surface area contributed by atoms with Gasteiger partial charge in [0.1, 0.15) is 11.6 Å². The number of rotatable bonds is 5. The summed E-state index contributed by atoms with van der Waals surface area (Å²) in [5, 5.41) is 6.97. The molecule has 2 aromatic rings. The van der Waals surface area contributed by atoms with Gasteiger partial charge in [0.15, 0.2) is 5.11 Å². The van der Waals surface area contributed by atoms with Crippen LogP contribution in [0.4, 0.5) is 17.6 Å². The lowest BCUT2D eigenvalue weighted by atomic mass is 10.00. The number of piperidine rings is 2. The summed E-state index contributed by atoms with van der Waals surface area (Å²) in [4.78, 5) is 18.6. The Bertz CT molecular complexity index is 835. The highest BCUT2D eigenvalue weighted by Crippen LogP contribution is 2.28. The Balaban J connectivity index is 1.51. The van der Waals surface area contributed by atoms with E-state index in [4.69, 9.17) is 22.2 Å². The number of nitrogens with zero attached hydrogens (tertiary/aromatic N) is 5. The Labute approximate surface area is 190 Å². The third-order valence-corrected chi connectivity index (χ3v) is 6.31. The van der Waals surface area contributed by atoms with Gasteiger partial charge in [-0.3, -0.25) is 4.98 Å². The molecule has 2 atom stereocenters. The predicted molar refractivity (Wildman–Crippen MR) is 131 cm³/mol. The van der Waals surface area contributed by atoms with Crippen LogP contribution in [0.3, 0.4) is 0 Å². The second-order valence-corrected chi connectivity index (χ2v) is 9.37. The highest BCUT2D eigenvalue weighted by atomic mass is 32.1. The Morgan fingerprint density at radius 1 is 1.06 bits per heavy atom. The van der Waals surface area contributed by atoms with Gasteiger partial charge in [-0.2, -0.15) is 9.97 Å². The molecule has 31 heavy (non-hydrogen) atoms. The number of anilines is 3. The van der Waals surface area contributed by atoms with Crippen LogP contribution in [0.5, 0.6) is 0 Å². The van der Waals surface area contributed by atoms with Gasteiger partial charge in [0, 0.05) is 51.2 Å². The zero-order valence-electron chi connectivity index (χ0n) is 18.5. The van der Waals surface area contributed by atoms with E-state index in [1.807, 2.05) is 18.3 Å². The molecule has 2 fully saturated rings. The molecule has 4 rings (SSSR count). The maximum Gasteiger partial charge on any atom is 0.232 e. The van der Waals surface area contributed by atoms with Gasteiger partial charge >= 0.3 is 0 Å². The lowest BCUT2D eigenvalue weighted by molar-refractivity contribution is 0.441. The monoisotopic (exact) mass is 439 g/mol. The molecule has 4 heterocycles. The minimum absolute atomic E-state index is 0.519. The fourth-order valence-corrected chi connectivity index (χ4v) is 4.59. The van der Waals surface area contributed by atoms with Crippen LogP contribution in [0.25, 0.3) is 0 Å². The lowest BCUT2D eigenvalue weighted by Crippen LogP contribution is -2.37. The van der Waals surface area contributed by atoms with Gasteiger partial charge in [0.2, 0.25) is 5.95 Å². The third-order valence-electron chi connectivity index (χ3n) is 6.06. The van der Waals surface area contributed by atoms with Gasteiger partial charge in [-0.25, -0.2) is 0 Å². The fraction of sp³-hybridized carbons (Fsp3) is 0.565. The molecule has 0 unspecified atom stereocenters. The van der Waals surface area contributed by atoms with Gasteiger partial charge in [-0.05, 0) is 61.4 Å². The molecule has 2 aromatic heterocycles. The molecule has 0 bridgehead atoms. The zero-order valence-corrected chi connectivity index (χ0v) is 19.4. The van der Waals surface area contributed by atoms with Crippen LogP contribution in [-0.2, 0) is 6.54 Å². The van der Waals surface area contributed by atoms with Crippen LogP contribution in [-0.4, -0.2) is 46.2 Å². The normalized spacial score (nSPS) is 21.6. The fourth-order valence-electron chi connectivity index (χ4n) is 4.43. The molecule has 0 aromatic carbocycles. The molecule has 166 valence electrons. The molecule has 8 heteroatoms. The number of aromatic nitrogens is 3. The van der Waals surface area contributed by atoms with E-state index in [1.54, 1.807) is 6.20 Å². The quantitative estimate of drug-likeness (QED) is 0.682. The van der Waals surface area contributed by atoms with Crippen molar-refractivity contribution in [2.75, 3.05) is 41.3 Å². The van der Waals surface area contributed by atoms with Crippen molar-refractivity contribution in [1.82, 2.24) is 20.3 Å². The first-order valence-electron chi connectivity index (χ1n) is 11.4. The van der Waals surface area contributed by atoms with Crippen molar-refractivity contribution >= 4 is 34.9 Å². The summed E-state index contributed by atoms with van der Waals surface area (Å²) in [6.45, 7) is 9.40. The molecule has 0 amide bonds. The van der Waals surface area contributed by atoms with Crippen molar-refractivity contribution < 1.29 is 0 Å². The summed E-state index contributed by atoms with van der Waals surface area (Å²) in [7, 11) is 0. The average Bonchev–Trinajstić information content (AvgIpc) is 2.78. The summed E-state index contributed by atoms with van der Waals surface area (Å²) in [5.41, 5.74) is 1.08. The number of nitrogens with one attached hydrogen (secondary N) is 2. The van der Waals surface area contributed by atoms with Gasteiger partial charge < -0.3 is 20.4 Å². The second kappa shape index (κ2) is 10.2. The van der Waals surface area contributed by atoms with Crippen LogP contribution < -0.4 is 20.4 Å². The van der Waals surface area contributed by atoms with Crippen LogP contribution in [0.2, 0.25) is 0 Å². The van der Waals surface area contributed by atoms with Crippen LogP contribution >= 0.6 is 12.2 Å². The molecule has 2 aliphatic rings. The maximum atomic E-state index is 5.52. The number of pyridine rings is 1. The van der Waals surface area contributed by atoms with Gasteiger partial charge in [-0.15, -0.1) is 0 Å². The van der Waals surface area contributed by atoms with Crippen molar-refractivity contribution in [3.05, 3.63) is 36.2 Å². The van der Waals surface area contributed by atoms with Gasteiger partial charge in [0.25, 0.3) is 0 Å². The summed E-state index contributed by atoms with van der Waals surface area (Å²) >= 11 is 5.52. The van der Waals surface area contributed by atoms with Crippen LogP contribution in [0.1, 0.15) is 45.1 Å². The van der Waals surface area contributed by atoms with E-state index >= 15 is 0 Å². The molecule has 0 saturated carbocycles. The molecule has 0 spiro atoms. The zero-order chi connectivity index (χ0) is 21.6. The topological polar surface area (TPSA) is 69.2 Å². The first-order valence-corrected chi connectivity index (χ1v) is 11.8. The number of hydrogen-bond acceptors (Lipinski definition) is 6. The van der Waals surface area contributed by atoms with E-state index in [1.165, 1.54) is 25.7 Å². The largest absolute Gasteiger partial charge is 0.358 e. The van der Waals surface area contributed by atoms with Crippen molar-refractivity contribution in [1.29, 1.82) is 0 Å². The van der Waals surface area contributed by atoms with E-state index in [0.29, 0.717) is 29.4 Å². The second-order valence-electron chi connectivity index (χ2n) is 8.96. The van der Waals surface area contributed by atoms with Crippen LogP contribution in [0, 0.1) is 11.8 Å². The van der Waals surface area contributed by atoms with Crippen molar-refractivity contribution in [3.63, 3.8) is 0 Å².